The number of phenols is 1. The maximum absolute atomic E-state index is 13.2. The van der Waals surface area contributed by atoms with Gasteiger partial charge >= 0.3 is 5.97 Å². The zero-order valence-electron chi connectivity index (χ0n) is 18.3. The second kappa shape index (κ2) is 9.57. The van der Waals surface area contributed by atoms with Gasteiger partial charge in [0.1, 0.15) is 24.7 Å². The number of aromatic hydroxyl groups is 1. The molecule has 1 heterocycles. The van der Waals surface area contributed by atoms with Crippen LogP contribution < -0.4 is 4.74 Å². The van der Waals surface area contributed by atoms with E-state index in [2.05, 4.69) is 6.08 Å². The molecule has 6 heteroatoms. The van der Waals surface area contributed by atoms with Gasteiger partial charge in [0.2, 0.25) is 0 Å². The Bertz CT molecular complexity index is 1400. The molecule has 170 valence electrons. The average molecular weight is 472 g/mol. The topological polar surface area (TPSA) is 68.7 Å². The van der Waals surface area contributed by atoms with Crippen LogP contribution in [-0.2, 0) is 11.2 Å². The largest absolute Gasteiger partial charge is 0.508 e. The molecule has 1 aliphatic rings. The molecule has 1 aliphatic carbocycles. The van der Waals surface area contributed by atoms with Crippen LogP contribution in [0.4, 0.5) is 0 Å². The van der Waals surface area contributed by atoms with Crippen LogP contribution in [0.1, 0.15) is 33.6 Å². The fraction of sp³-hybridized carbons (Fsp3) is 0.143. The number of allylic oxidation sites excluding steroid dienone is 1. The summed E-state index contributed by atoms with van der Waals surface area (Å²) in [5, 5.41) is 10.9. The number of fused-ring (bicyclic) bond motifs is 2. The smallest absolute Gasteiger partial charge is 0.339 e. The molecular weight excluding hydrogens is 450 g/mol. The monoisotopic (exact) mass is 471 g/mol. The number of nitrogens with zero attached hydrogens (tertiary/aromatic N) is 1. The number of halogens is 1. The first-order valence-electron chi connectivity index (χ1n) is 11.1. The van der Waals surface area contributed by atoms with Gasteiger partial charge in [0.25, 0.3) is 0 Å². The van der Waals surface area contributed by atoms with Crippen molar-refractivity contribution in [1.82, 2.24) is 4.98 Å². The maximum atomic E-state index is 13.2. The minimum absolute atomic E-state index is 0.103. The van der Waals surface area contributed by atoms with Gasteiger partial charge in [0, 0.05) is 5.39 Å². The molecule has 4 aromatic rings. The Kier molecular flexibility index (Phi) is 6.19. The van der Waals surface area contributed by atoms with Gasteiger partial charge in [-0.05, 0) is 65.9 Å². The number of ether oxygens (including phenoxy) is 2. The molecule has 5 nitrogen and oxygen atoms in total. The summed E-state index contributed by atoms with van der Waals surface area (Å²) in [5.41, 5.74) is 5.07. The lowest BCUT2D eigenvalue weighted by Crippen LogP contribution is -2.15. The predicted molar refractivity (Wildman–Crippen MR) is 133 cm³/mol. The van der Waals surface area contributed by atoms with E-state index in [0.717, 1.165) is 39.7 Å². The fourth-order valence-corrected chi connectivity index (χ4v) is 4.39. The number of carbonyl (C=O) groups excluding carboxylic acids is 1. The lowest BCUT2D eigenvalue weighted by Gasteiger charge is -2.13. The second-order valence-electron chi connectivity index (χ2n) is 8.01. The van der Waals surface area contributed by atoms with E-state index < -0.39 is 0 Å². The molecule has 1 N–H and O–H groups in total. The van der Waals surface area contributed by atoms with E-state index in [-0.39, 0.29) is 24.9 Å². The summed E-state index contributed by atoms with van der Waals surface area (Å²) >= 11 is 6.11. The molecule has 0 fully saturated rings. The summed E-state index contributed by atoms with van der Waals surface area (Å²) in [7, 11) is 0. The lowest BCUT2D eigenvalue weighted by molar-refractivity contribution is 0.0451. The summed E-state index contributed by atoms with van der Waals surface area (Å²) in [6, 6.07) is 21.8. The highest BCUT2D eigenvalue weighted by molar-refractivity contribution is 6.32. The number of aromatic nitrogens is 1. The molecular formula is C28H22ClNO4. The molecule has 34 heavy (non-hydrogen) atoms. The van der Waals surface area contributed by atoms with Gasteiger partial charge in [-0.3, -0.25) is 0 Å². The van der Waals surface area contributed by atoms with Gasteiger partial charge in [0.05, 0.1) is 21.8 Å². The molecule has 0 aliphatic heterocycles. The highest BCUT2D eigenvalue weighted by Crippen LogP contribution is 2.38. The van der Waals surface area contributed by atoms with Crippen molar-refractivity contribution in [3.8, 4) is 11.5 Å². The highest BCUT2D eigenvalue weighted by Gasteiger charge is 2.27. The summed E-state index contributed by atoms with van der Waals surface area (Å²) in [4.78, 5) is 18.1. The van der Waals surface area contributed by atoms with Crippen molar-refractivity contribution in [1.29, 1.82) is 0 Å². The fourth-order valence-electron chi connectivity index (χ4n) is 4.20. The first kappa shape index (κ1) is 22.0. The van der Waals surface area contributed by atoms with E-state index in [1.165, 1.54) is 0 Å². The number of para-hydroxylation sites is 2. The third-order valence-electron chi connectivity index (χ3n) is 5.79. The maximum Gasteiger partial charge on any atom is 0.339 e. The Hall–Kier alpha value is -3.83. The van der Waals surface area contributed by atoms with E-state index in [9.17, 15) is 9.90 Å². The SMILES string of the molecule is O=C(OCCOc1ccccc1Cl)c1c2c(nc3ccccc13)C(=Cc1ccc(O)cc1)CC2. The first-order chi connectivity index (χ1) is 16.6. The molecule has 0 spiro atoms. The minimum atomic E-state index is -0.386. The van der Waals surface area contributed by atoms with Crippen LogP contribution in [-0.4, -0.2) is 29.3 Å². The standard InChI is InChI=1S/C28H22ClNO4/c29-23-6-2-4-8-25(23)33-15-16-34-28(32)26-21-5-1-3-7-24(21)30-27-19(11-14-22(26)27)17-18-9-12-20(31)13-10-18/h1-10,12-13,17,31H,11,14-16H2. The van der Waals surface area contributed by atoms with Crippen LogP contribution in [0.3, 0.4) is 0 Å². The molecule has 0 atom stereocenters. The second-order valence-corrected chi connectivity index (χ2v) is 8.41. The number of pyridine rings is 1. The third-order valence-corrected chi connectivity index (χ3v) is 6.10. The summed E-state index contributed by atoms with van der Waals surface area (Å²) in [6.07, 6.45) is 3.53. The van der Waals surface area contributed by atoms with Gasteiger partial charge in [-0.2, -0.15) is 0 Å². The van der Waals surface area contributed by atoms with E-state index in [1.807, 2.05) is 48.5 Å². The Morgan fingerprint density at radius 3 is 2.56 bits per heavy atom. The molecule has 0 saturated carbocycles. The normalized spacial score (nSPS) is 13.7. The van der Waals surface area contributed by atoms with Crippen LogP contribution in [0.15, 0.2) is 72.8 Å². The van der Waals surface area contributed by atoms with Crippen molar-refractivity contribution in [2.24, 2.45) is 0 Å². The van der Waals surface area contributed by atoms with Crippen molar-refractivity contribution in [3.05, 3.63) is 100 Å². The molecule has 0 radical (unpaired) electrons. The van der Waals surface area contributed by atoms with Crippen LogP contribution >= 0.6 is 11.6 Å². The lowest BCUT2D eigenvalue weighted by atomic mass is 10.0. The molecule has 0 unspecified atom stereocenters. The zero-order chi connectivity index (χ0) is 23.5. The minimum Gasteiger partial charge on any atom is -0.508 e. The van der Waals surface area contributed by atoms with Crippen molar-refractivity contribution in [2.45, 2.75) is 12.8 Å². The average Bonchev–Trinajstić information content (AvgIpc) is 3.24. The molecule has 5 rings (SSSR count). The zero-order valence-corrected chi connectivity index (χ0v) is 19.1. The Balaban J connectivity index is 1.41. The van der Waals surface area contributed by atoms with Crippen molar-refractivity contribution < 1.29 is 19.4 Å². The molecule has 3 aromatic carbocycles. The first-order valence-corrected chi connectivity index (χ1v) is 11.4. The molecule has 0 amide bonds. The van der Waals surface area contributed by atoms with Gasteiger partial charge in [-0.1, -0.05) is 54.1 Å². The summed E-state index contributed by atoms with van der Waals surface area (Å²) in [6.45, 7) is 0.304. The molecule has 1 aromatic heterocycles. The van der Waals surface area contributed by atoms with Gasteiger partial charge in [-0.15, -0.1) is 0 Å². The van der Waals surface area contributed by atoms with Gasteiger partial charge in [0.15, 0.2) is 0 Å². The Labute approximate surface area is 202 Å². The highest BCUT2D eigenvalue weighted by atomic mass is 35.5. The summed E-state index contributed by atoms with van der Waals surface area (Å²) in [5.74, 6) is 0.393. The van der Waals surface area contributed by atoms with E-state index in [1.54, 1.807) is 24.3 Å². The summed E-state index contributed by atoms with van der Waals surface area (Å²) < 4.78 is 11.3. The number of phenolic OH excluding ortho intramolecular Hbond substituents is 1. The number of hydrogen-bond donors (Lipinski definition) is 1. The number of carbonyl (C=O) groups is 1. The Morgan fingerprint density at radius 1 is 0.971 bits per heavy atom. The van der Waals surface area contributed by atoms with Crippen molar-refractivity contribution in [2.75, 3.05) is 13.2 Å². The Morgan fingerprint density at radius 2 is 1.74 bits per heavy atom. The van der Waals surface area contributed by atoms with Crippen LogP contribution in [0.2, 0.25) is 5.02 Å². The van der Waals surface area contributed by atoms with E-state index >= 15 is 0 Å². The quantitative estimate of drug-likeness (QED) is 0.263. The van der Waals surface area contributed by atoms with Crippen molar-refractivity contribution >= 4 is 40.1 Å². The van der Waals surface area contributed by atoms with Crippen LogP contribution in [0.5, 0.6) is 11.5 Å². The van der Waals surface area contributed by atoms with Crippen LogP contribution in [0.25, 0.3) is 22.6 Å². The molecule has 0 saturated heterocycles. The van der Waals surface area contributed by atoms with Gasteiger partial charge < -0.3 is 14.6 Å². The molecule has 0 bridgehead atoms. The van der Waals surface area contributed by atoms with E-state index in [0.29, 0.717) is 22.8 Å². The number of esters is 1. The van der Waals surface area contributed by atoms with E-state index in [4.69, 9.17) is 26.1 Å². The third kappa shape index (κ3) is 4.47. The van der Waals surface area contributed by atoms with Crippen LogP contribution in [0, 0.1) is 0 Å². The van der Waals surface area contributed by atoms with Crippen molar-refractivity contribution in [3.63, 3.8) is 0 Å². The predicted octanol–water partition coefficient (Wildman–Crippen LogP) is 6.32. The number of rotatable bonds is 6. The number of hydrogen-bond acceptors (Lipinski definition) is 5. The number of benzene rings is 3. The van der Waals surface area contributed by atoms with Gasteiger partial charge in [-0.25, -0.2) is 9.78 Å².